The molecule has 1 aliphatic carbocycles. The van der Waals surface area contributed by atoms with Gasteiger partial charge in [0.1, 0.15) is 5.56 Å². The summed E-state index contributed by atoms with van der Waals surface area (Å²) in [5, 5.41) is 5.50. The Hall–Kier alpha value is -2.63. The molecule has 0 saturated heterocycles. The molecule has 0 unspecified atom stereocenters. The number of nitrogens with one attached hydrogen (secondary N) is 3. The smallest absolute Gasteiger partial charge is 0.262 e. The van der Waals surface area contributed by atoms with E-state index in [-0.39, 0.29) is 11.1 Å². The molecule has 0 atom stereocenters. The summed E-state index contributed by atoms with van der Waals surface area (Å²) in [6.07, 6.45) is 3.51. The molecule has 0 radical (unpaired) electrons. The highest BCUT2D eigenvalue weighted by Gasteiger charge is 2.25. The van der Waals surface area contributed by atoms with E-state index in [9.17, 15) is 14.4 Å². The Bertz CT molecular complexity index is 850. The van der Waals surface area contributed by atoms with Crippen molar-refractivity contribution in [3.8, 4) is 0 Å². The largest absolute Gasteiger partial charge is 0.355 e. The number of aromatic amines is 1. The van der Waals surface area contributed by atoms with Crippen LogP contribution in [0.2, 0.25) is 0 Å². The second-order valence-corrected chi connectivity index (χ2v) is 5.80. The van der Waals surface area contributed by atoms with E-state index in [0.29, 0.717) is 16.8 Å². The van der Waals surface area contributed by atoms with E-state index in [1.807, 2.05) is 18.2 Å². The molecular weight excluding hydrogens is 294 g/mol. The Kier molecular flexibility index (Phi) is 3.90. The molecule has 3 rings (SSSR count). The van der Waals surface area contributed by atoms with Gasteiger partial charge in [0, 0.05) is 25.0 Å². The van der Waals surface area contributed by atoms with Crippen molar-refractivity contribution in [2.24, 2.45) is 0 Å². The third kappa shape index (κ3) is 2.50. The zero-order valence-electron chi connectivity index (χ0n) is 13.2. The molecule has 6 heteroatoms. The quantitative estimate of drug-likeness (QED) is 0.802. The molecule has 3 N–H and O–H groups in total. The lowest BCUT2D eigenvalue weighted by Crippen LogP contribution is -2.33. The number of aromatic nitrogens is 1. The van der Waals surface area contributed by atoms with Crippen LogP contribution in [0, 0.1) is 0 Å². The number of carbonyl (C=O) groups is 2. The van der Waals surface area contributed by atoms with Crippen LogP contribution in [0.5, 0.6) is 0 Å². The summed E-state index contributed by atoms with van der Waals surface area (Å²) in [5.74, 6) is -0.504. The molecule has 23 heavy (non-hydrogen) atoms. The highest BCUT2D eigenvalue weighted by molar-refractivity contribution is 6.14. The highest BCUT2D eigenvalue weighted by atomic mass is 16.2. The minimum absolute atomic E-state index is 0.116. The Morgan fingerprint density at radius 1 is 1.09 bits per heavy atom. The average Bonchev–Trinajstić information content (AvgIpc) is 2.50. The number of benzene rings is 1. The van der Waals surface area contributed by atoms with Gasteiger partial charge in [-0.3, -0.25) is 14.4 Å². The lowest BCUT2D eigenvalue weighted by molar-refractivity contribution is 0.0929. The van der Waals surface area contributed by atoms with E-state index < -0.39 is 17.4 Å². The molecule has 1 fully saturated rings. The third-order valence-electron chi connectivity index (χ3n) is 4.52. The summed E-state index contributed by atoms with van der Waals surface area (Å²) in [6.45, 7) is 0. The number of carbonyl (C=O) groups excluding carboxylic acids is 2. The summed E-state index contributed by atoms with van der Waals surface area (Å²) in [4.78, 5) is 39.4. The summed E-state index contributed by atoms with van der Waals surface area (Å²) in [5.41, 5.74) is 1.16. The minimum atomic E-state index is -0.574. The number of pyridine rings is 1. The first kappa shape index (κ1) is 15.3. The fourth-order valence-electron chi connectivity index (χ4n) is 3.01. The van der Waals surface area contributed by atoms with E-state index >= 15 is 0 Å². The van der Waals surface area contributed by atoms with Crippen LogP contribution in [0.1, 0.15) is 51.5 Å². The Morgan fingerprint density at radius 2 is 1.74 bits per heavy atom. The predicted octanol–water partition coefficient (Wildman–Crippen LogP) is 1.51. The summed E-state index contributed by atoms with van der Waals surface area (Å²) >= 11 is 0. The standard InChI is InChI=1S/C17H19N3O3/c1-18-15(21)13-11-7-6-10(9-4-3-5-9)8-12(11)20-17(23)14(13)16(22)19-2/h6-9H,3-5H2,1-2H3,(H,18,21)(H,19,22)(H,20,23). The third-order valence-corrected chi connectivity index (χ3v) is 4.52. The predicted molar refractivity (Wildman–Crippen MR) is 87.9 cm³/mol. The number of H-pyrrole nitrogens is 1. The average molecular weight is 313 g/mol. The number of rotatable bonds is 3. The van der Waals surface area contributed by atoms with Crippen LogP contribution in [0.25, 0.3) is 10.9 Å². The molecule has 1 aromatic carbocycles. The van der Waals surface area contributed by atoms with Crippen molar-refractivity contribution in [1.29, 1.82) is 0 Å². The molecule has 2 amide bonds. The fourth-order valence-corrected chi connectivity index (χ4v) is 3.01. The van der Waals surface area contributed by atoms with Crippen molar-refractivity contribution in [3.63, 3.8) is 0 Å². The van der Waals surface area contributed by atoms with Gasteiger partial charge in [-0.25, -0.2) is 0 Å². The SMILES string of the molecule is CNC(=O)c1c(C(=O)NC)c2ccc(C3CCC3)cc2[nH]c1=O. The highest BCUT2D eigenvalue weighted by Crippen LogP contribution is 2.37. The van der Waals surface area contributed by atoms with Crippen molar-refractivity contribution in [3.05, 3.63) is 45.2 Å². The topological polar surface area (TPSA) is 91.1 Å². The molecule has 2 aromatic rings. The summed E-state index contributed by atoms with van der Waals surface area (Å²) in [6, 6.07) is 5.71. The van der Waals surface area contributed by atoms with Crippen molar-refractivity contribution >= 4 is 22.7 Å². The summed E-state index contributed by atoms with van der Waals surface area (Å²) in [7, 11) is 2.91. The molecule has 1 aliphatic rings. The molecule has 0 aliphatic heterocycles. The fraction of sp³-hybridized carbons (Fsp3) is 0.353. The first-order valence-electron chi connectivity index (χ1n) is 7.71. The van der Waals surface area contributed by atoms with Crippen LogP contribution in [0.3, 0.4) is 0 Å². The van der Waals surface area contributed by atoms with Gasteiger partial charge in [0.2, 0.25) is 0 Å². The maximum Gasteiger partial charge on any atom is 0.262 e. The normalized spacial score (nSPS) is 14.3. The molecule has 6 nitrogen and oxygen atoms in total. The van der Waals surface area contributed by atoms with Crippen molar-refractivity contribution in [2.45, 2.75) is 25.2 Å². The van der Waals surface area contributed by atoms with Crippen LogP contribution in [0.4, 0.5) is 0 Å². The van der Waals surface area contributed by atoms with E-state index in [1.165, 1.54) is 20.5 Å². The van der Waals surface area contributed by atoms with Gasteiger partial charge < -0.3 is 15.6 Å². The van der Waals surface area contributed by atoms with E-state index in [1.54, 1.807) is 0 Å². The zero-order chi connectivity index (χ0) is 16.6. The van der Waals surface area contributed by atoms with Gasteiger partial charge in [0.25, 0.3) is 17.4 Å². The van der Waals surface area contributed by atoms with Gasteiger partial charge in [-0.2, -0.15) is 0 Å². The van der Waals surface area contributed by atoms with E-state index in [2.05, 4.69) is 15.6 Å². The Labute approximate surface area is 133 Å². The molecule has 0 bridgehead atoms. The monoisotopic (exact) mass is 313 g/mol. The zero-order valence-corrected chi connectivity index (χ0v) is 13.2. The minimum Gasteiger partial charge on any atom is -0.355 e. The maximum atomic E-state index is 12.3. The number of hydrogen-bond donors (Lipinski definition) is 3. The first-order valence-corrected chi connectivity index (χ1v) is 7.71. The van der Waals surface area contributed by atoms with Crippen LogP contribution in [-0.4, -0.2) is 30.9 Å². The van der Waals surface area contributed by atoms with E-state index in [4.69, 9.17) is 0 Å². The number of fused-ring (bicyclic) bond motifs is 1. The second-order valence-electron chi connectivity index (χ2n) is 5.80. The maximum absolute atomic E-state index is 12.3. The van der Waals surface area contributed by atoms with Crippen molar-refractivity contribution in [1.82, 2.24) is 15.6 Å². The summed E-state index contributed by atoms with van der Waals surface area (Å²) < 4.78 is 0. The molecule has 120 valence electrons. The number of hydrogen-bond acceptors (Lipinski definition) is 3. The van der Waals surface area contributed by atoms with Gasteiger partial charge >= 0.3 is 0 Å². The van der Waals surface area contributed by atoms with Crippen LogP contribution < -0.4 is 16.2 Å². The molecular formula is C17H19N3O3. The van der Waals surface area contributed by atoms with Gasteiger partial charge in [0.15, 0.2) is 0 Å². The molecule has 1 heterocycles. The van der Waals surface area contributed by atoms with Gasteiger partial charge in [-0.15, -0.1) is 0 Å². The molecule has 1 saturated carbocycles. The lowest BCUT2D eigenvalue weighted by atomic mass is 9.79. The van der Waals surface area contributed by atoms with Gasteiger partial charge in [-0.1, -0.05) is 18.6 Å². The molecule has 0 spiro atoms. The second kappa shape index (κ2) is 5.87. The van der Waals surface area contributed by atoms with Gasteiger partial charge in [-0.05, 0) is 30.4 Å². The Morgan fingerprint density at radius 3 is 2.30 bits per heavy atom. The lowest BCUT2D eigenvalue weighted by Gasteiger charge is -2.26. The number of amides is 2. The Balaban J connectivity index is 2.28. The van der Waals surface area contributed by atoms with Crippen LogP contribution in [0.15, 0.2) is 23.0 Å². The van der Waals surface area contributed by atoms with Crippen molar-refractivity contribution in [2.75, 3.05) is 14.1 Å². The van der Waals surface area contributed by atoms with Gasteiger partial charge in [0.05, 0.1) is 5.56 Å². The van der Waals surface area contributed by atoms with E-state index in [0.717, 1.165) is 18.4 Å². The van der Waals surface area contributed by atoms with Crippen LogP contribution in [-0.2, 0) is 0 Å². The van der Waals surface area contributed by atoms with Crippen LogP contribution >= 0.6 is 0 Å². The first-order chi connectivity index (χ1) is 11.1. The van der Waals surface area contributed by atoms with Crippen molar-refractivity contribution < 1.29 is 9.59 Å². The molecule has 1 aromatic heterocycles.